The van der Waals surface area contributed by atoms with Crippen molar-refractivity contribution in [1.29, 1.82) is 0 Å². The Morgan fingerprint density at radius 3 is 3.00 bits per heavy atom. The number of furan rings is 1. The van der Waals surface area contributed by atoms with Gasteiger partial charge in [0.05, 0.1) is 12.8 Å². The fourth-order valence-electron chi connectivity index (χ4n) is 1.91. The number of nitrogens with one attached hydrogen (secondary N) is 1. The number of hydrogen-bond donors (Lipinski definition) is 1. The third-order valence-electron chi connectivity index (χ3n) is 3.02. The fourth-order valence-corrected chi connectivity index (χ4v) is 1.91. The zero-order valence-corrected chi connectivity index (χ0v) is 10.3. The number of hydrogen-bond acceptors (Lipinski definition) is 3. The van der Waals surface area contributed by atoms with Crippen LogP contribution in [0.1, 0.15) is 37.5 Å². The van der Waals surface area contributed by atoms with Gasteiger partial charge in [0.25, 0.3) is 0 Å². The standard InChI is InChI=1S/C13H22N2O/c1-3-7-15(2)10-13-11(6-8-16-13)9-14-12-4-5-12/h6,8,12,14H,3-5,7,9-10H2,1-2H3. The van der Waals surface area contributed by atoms with Crippen molar-refractivity contribution in [2.75, 3.05) is 13.6 Å². The van der Waals surface area contributed by atoms with Gasteiger partial charge in [0, 0.05) is 18.2 Å². The van der Waals surface area contributed by atoms with Crippen molar-refractivity contribution in [2.45, 2.75) is 45.3 Å². The molecule has 1 aromatic heterocycles. The Morgan fingerprint density at radius 1 is 1.50 bits per heavy atom. The summed E-state index contributed by atoms with van der Waals surface area (Å²) in [6, 6.07) is 2.85. The van der Waals surface area contributed by atoms with E-state index in [2.05, 4.69) is 30.3 Å². The lowest BCUT2D eigenvalue weighted by Gasteiger charge is -2.14. The molecule has 1 aliphatic rings. The third-order valence-corrected chi connectivity index (χ3v) is 3.02. The Morgan fingerprint density at radius 2 is 2.31 bits per heavy atom. The summed E-state index contributed by atoms with van der Waals surface area (Å²) in [5, 5.41) is 3.53. The fraction of sp³-hybridized carbons (Fsp3) is 0.692. The van der Waals surface area contributed by atoms with Crippen LogP contribution < -0.4 is 5.32 Å². The minimum atomic E-state index is 0.760. The molecule has 2 rings (SSSR count). The average molecular weight is 222 g/mol. The maximum Gasteiger partial charge on any atom is 0.122 e. The van der Waals surface area contributed by atoms with Crippen LogP contribution >= 0.6 is 0 Å². The molecule has 0 aromatic carbocycles. The molecule has 0 aliphatic heterocycles. The first-order chi connectivity index (χ1) is 7.79. The van der Waals surface area contributed by atoms with Crippen LogP contribution in [0.25, 0.3) is 0 Å². The molecule has 0 radical (unpaired) electrons. The molecule has 0 saturated heterocycles. The van der Waals surface area contributed by atoms with Gasteiger partial charge in [-0.3, -0.25) is 4.90 Å². The lowest BCUT2D eigenvalue weighted by atomic mass is 10.2. The van der Waals surface area contributed by atoms with E-state index in [1.165, 1.54) is 24.8 Å². The van der Waals surface area contributed by atoms with Crippen LogP contribution in [-0.4, -0.2) is 24.5 Å². The molecule has 1 heterocycles. The van der Waals surface area contributed by atoms with Crippen LogP contribution in [0.15, 0.2) is 16.7 Å². The summed E-state index contributed by atoms with van der Waals surface area (Å²) in [6.07, 6.45) is 5.66. The van der Waals surface area contributed by atoms with E-state index in [0.29, 0.717) is 0 Å². The highest BCUT2D eigenvalue weighted by Crippen LogP contribution is 2.20. The van der Waals surface area contributed by atoms with Crippen LogP contribution in [0.5, 0.6) is 0 Å². The number of rotatable bonds is 7. The summed E-state index contributed by atoms with van der Waals surface area (Å²) >= 11 is 0. The highest BCUT2D eigenvalue weighted by molar-refractivity contribution is 5.17. The van der Waals surface area contributed by atoms with Gasteiger partial charge in [-0.15, -0.1) is 0 Å². The zero-order valence-electron chi connectivity index (χ0n) is 10.3. The molecule has 1 aliphatic carbocycles. The van der Waals surface area contributed by atoms with Gasteiger partial charge in [-0.2, -0.15) is 0 Å². The van der Waals surface area contributed by atoms with E-state index < -0.39 is 0 Å². The van der Waals surface area contributed by atoms with Crippen LogP contribution in [0, 0.1) is 0 Å². The molecule has 3 heteroatoms. The largest absolute Gasteiger partial charge is 0.468 e. The molecular weight excluding hydrogens is 200 g/mol. The minimum absolute atomic E-state index is 0.760. The molecule has 3 nitrogen and oxygen atoms in total. The molecule has 0 spiro atoms. The number of nitrogens with zero attached hydrogens (tertiary/aromatic N) is 1. The van der Waals surface area contributed by atoms with Crippen molar-refractivity contribution < 1.29 is 4.42 Å². The van der Waals surface area contributed by atoms with E-state index in [9.17, 15) is 0 Å². The second-order valence-electron chi connectivity index (χ2n) is 4.76. The quantitative estimate of drug-likeness (QED) is 0.767. The van der Waals surface area contributed by atoms with E-state index >= 15 is 0 Å². The summed E-state index contributed by atoms with van der Waals surface area (Å²) in [6.45, 7) is 5.20. The second kappa shape index (κ2) is 5.51. The SMILES string of the molecule is CCCN(C)Cc1occc1CNC1CC1. The van der Waals surface area contributed by atoms with Gasteiger partial charge < -0.3 is 9.73 Å². The van der Waals surface area contributed by atoms with Gasteiger partial charge in [-0.25, -0.2) is 0 Å². The normalized spacial score (nSPS) is 15.9. The van der Waals surface area contributed by atoms with Crippen molar-refractivity contribution in [3.8, 4) is 0 Å². The molecule has 0 bridgehead atoms. The van der Waals surface area contributed by atoms with Crippen LogP contribution in [0.4, 0.5) is 0 Å². The monoisotopic (exact) mass is 222 g/mol. The summed E-state index contributed by atoms with van der Waals surface area (Å²) in [5.41, 5.74) is 1.31. The van der Waals surface area contributed by atoms with Gasteiger partial charge >= 0.3 is 0 Å². The highest BCUT2D eigenvalue weighted by atomic mass is 16.3. The van der Waals surface area contributed by atoms with E-state index in [4.69, 9.17) is 4.42 Å². The predicted molar refractivity (Wildman–Crippen MR) is 65.2 cm³/mol. The van der Waals surface area contributed by atoms with Crippen LogP contribution in [0.2, 0.25) is 0 Å². The third kappa shape index (κ3) is 3.35. The summed E-state index contributed by atoms with van der Waals surface area (Å²) < 4.78 is 5.55. The molecule has 0 unspecified atom stereocenters. The molecular formula is C13H22N2O. The maximum atomic E-state index is 5.55. The van der Waals surface area contributed by atoms with Crippen molar-refractivity contribution >= 4 is 0 Å². The summed E-state index contributed by atoms with van der Waals surface area (Å²) in [4.78, 5) is 2.31. The van der Waals surface area contributed by atoms with Crippen molar-refractivity contribution in [3.05, 3.63) is 23.7 Å². The van der Waals surface area contributed by atoms with Crippen molar-refractivity contribution in [3.63, 3.8) is 0 Å². The minimum Gasteiger partial charge on any atom is -0.468 e. The summed E-state index contributed by atoms with van der Waals surface area (Å²) in [5.74, 6) is 1.11. The Hall–Kier alpha value is -0.800. The van der Waals surface area contributed by atoms with Crippen molar-refractivity contribution in [1.82, 2.24) is 10.2 Å². The average Bonchev–Trinajstić information content (AvgIpc) is 2.98. The van der Waals surface area contributed by atoms with Gasteiger partial charge in [0.1, 0.15) is 5.76 Å². The first-order valence-electron chi connectivity index (χ1n) is 6.26. The van der Waals surface area contributed by atoms with Gasteiger partial charge in [0.2, 0.25) is 0 Å². The topological polar surface area (TPSA) is 28.4 Å². The Kier molecular flexibility index (Phi) is 4.02. The Bertz CT molecular complexity index is 317. The lowest BCUT2D eigenvalue weighted by Crippen LogP contribution is -2.20. The molecule has 1 fully saturated rings. The Balaban J connectivity index is 1.84. The molecule has 0 amide bonds. The highest BCUT2D eigenvalue weighted by Gasteiger charge is 2.21. The smallest absolute Gasteiger partial charge is 0.122 e. The second-order valence-corrected chi connectivity index (χ2v) is 4.76. The van der Waals surface area contributed by atoms with Gasteiger partial charge in [0.15, 0.2) is 0 Å². The Labute approximate surface area is 97.8 Å². The van der Waals surface area contributed by atoms with E-state index in [-0.39, 0.29) is 0 Å². The molecule has 1 N–H and O–H groups in total. The van der Waals surface area contributed by atoms with E-state index in [0.717, 1.165) is 31.4 Å². The van der Waals surface area contributed by atoms with Crippen LogP contribution in [0.3, 0.4) is 0 Å². The zero-order chi connectivity index (χ0) is 11.4. The van der Waals surface area contributed by atoms with Crippen LogP contribution in [-0.2, 0) is 13.1 Å². The lowest BCUT2D eigenvalue weighted by molar-refractivity contribution is 0.293. The molecule has 1 aromatic rings. The predicted octanol–water partition coefficient (Wildman–Crippen LogP) is 2.37. The maximum absolute atomic E-state index is 5.55. The first-order valence-corrected chi connectivity index (χ1v) is 6.26. The molecule has 1 saturated carbocycles. The van der Waals surface area contributed by atoms with Crippen molar-refractivity contribution in [2.24, 2.45) is 0 Å². The van der Waals surface area contributed by atoms with E-state index in [1.54, 1.807) is 6.26 Å². The molecule has 16 heavy (non-hydrogen) atoms. The van der Waals surface area contributed by atoms with Gasteiger partial charge in [-0.1, -0.05) is 6.92 Å². The van der Waals surface area contributed by atoms with E-state index in [1.807, 2.05) is 0 Å². The molecule has 0 atom stereocenters. The first kappa shape index (κ1) is 11.7. The molecule has 90 valence electrons. The summed E-state index contributed by atoms with van der Waals surface area (Å²) in [7, 11) is 2.14. The van der Waals surface area contributed by atoms with Gasteiger partial charge in [-0.05, 0) is 38.9 Å².